The van der Waals surface area contributed by atoms with Crippen LogP contribution < -0.4 is 9.47 Å². The highest BCUT2D eigenvalue weighted by Gasteiger charge is 2.16. The second-order valence-electron chi connectivity index (χ2n) is 6.91. The van der Waals surface area contributed by atoms with E-state index in [0.717, 1.165) is 16.9 Å². The van der Waals surface area contributed by atoms with Gasteiger partial charge >= 0.3 is 5.97 Å². The van der Waals surface area contributed by atoms with E-state index in [2.05, 4.69) is 18.8 Å². The van der Waals surface area contributed by atoms with Crippen LogP contribution in [0.4, 0.5) is 0 Å². The van der Waals surface area contributed by atoms with Gasteiger partial charge in [-0.25, -0.2) is 9.78 Å². The molecule has 0 radical (unpaired) electrons. The Morgan fingerprint density at radius 3 is 2.34 bits per heavy atom. The zero-order chi connectivity index (χ0) is 20.8. The van der Waals surface area contributed by atoms with Gasteiger partial charge in [0.1, 0.15) is 18.1 Å². The summed E-state index contributed by atoms with van der Waals surface area (Å²) in [6, 6.07) is 18.6. The number of hydrogen-bond donors (Lipinski definition) is 1. The van der Waals surface area contributed by atoms with Crippen molar-refractivity contribution in [3.63, 3.8) is 0 Å². The molecule has 3 rings (SSSR count). The summed E-state index contributed by atoms with van der Waals surface area (Å²) in [6.45, 7) is 6.70. The lowest BCUT2D eigenvalue weighted by molar-refractivity contribution is 0.0693. The Labute approximate surface area is 171 Å². The van der Waals surface area contributed by atoms with Crippen LogP contribution in [0, 0.1) is 0 Å². The van der Waals surface area contributed by atoms with Crippen LogP contribution in [0.1, 0.15) is 48.3 Å². The number of carboxylic acids is 1. The van der Waals surface area contributed by atoms with Crippen molar-refractivity contribution in [3.05, 3.63) is 77.5 Å². The molecule has 0 saturated carbocycles. The number of nitrogens with zero attached hydrogens (tertiary/aromatic N) is 1. The summed E-state index contributed by atoms with van der Waals surface area (Å²) in [6.07, 6.45) is 0. The molecule has 0 aliphatic rings. The molecule has 5 heteroatoms. The minimum Gasteiger partial charge on any atom is -0.493 e. The maximum absolute atomic E-state index is 11.7. The van der Waals surface area contributed by atoms with Crippen molar-refractivity contribution in [1.82, 2.24) is 4.98 Å². The first kappa shape index (κ1) is 20.4. The maximum atomic E-state index is 11.7. The van der Waals surface area contributed by atoms with Gasteiger partial charge in [-0.15, -0.1) is 0 Å². The van der Waals surface area contributed by atoms with E-state index < -0.39 is 5.97 Å². The lowest BCUT2D eigenvalue weighted by atomic mass is 10.0. The molecule has 0 aliphatic heterocycles. The lowest BCUT2D eigenvalue weighted by Crippen LogP contribution is -2.10. The molecule has 0 saturated heterocycles. The van der Waals surface area contributed by atoms with E-state index in [1.165, 1.54) is 0 Å². The van der Waals surface area contributed by atoms with Crippen LogP contribution in [0.25, 0.3) is 11.3 Å². The molecule has 3 aromatic rings. The molecule has 0 spiro atoms. The molecule has 0 aliphatic carbocycles. The third-order valence-electron chi connectivity index (χ3n) is 4.57. The normalized spacial score (nSPS) is 10.8. The predicted octanol–water partition coefficient (Wildman–Crippen LogP) is 5.55. The van der Waals surface area contributed by atoms with Gasteiger partial charge in [0.05, 0.1) is 23.6 Å². The third-order valence-corrected chi connectivity index (χ3v) is 4.57. The van der Waals surface area contributed by atoms with Crippen molar-refractivity contribution >= 4 is 5.97 Å². The van der Waals surface area contributed by atoms with Gasteiger partial charge in [0.15, 0.2) is 0 Å². The SMILES string of the molecule is CCOc1ccccc1-c1ccc(C(=O)O)c(COc2ccccc2C(C)C)n1. The Bertz CT molecular complexity index is 998. The van der Waals surface area contributed by atoms with Crippen molar-refractivity contribution in [1.29, 1.82) is 0 Å². The van der Waals surface area contributed by atoms with Gasteiger partial charge in [0.25, 0.3) is 0 Å². The third kappa shape index (κ3) is 4.74. The highest BCUT2D eigenvalue weighted by atomic mass is 16.5. The number of benzene rings is 2. The number of hydrogen-bond acceptors (Lipinski definition) is 4. The van der Waals surface area contributed by atoms with Crippen LogP contribution in [0.15, 0.2) is 60.7 Å². The Balaban J connectivity index is 1.96. The fourth-order valence-electron chi connectivity index (χ4n) is 3.15. The monoisotopic (exact) mass is 391 g/mol. The van der Waals surface area contributed by atoms with Crippen molar-refractivity contribution < 1.29 is 19.4 Å². The molecular weight excluding hydrogens is 366 g/mol. The van der Waals surface area contributed by atoms with Crippen LogP contribution in [0.2, 0.25) is 0 Å². The Morgan fingerprint density at radius 2 is 1.66 bits per heavy atom. The predicted molar refractivity (Wildman–Crippen MR) is 113 cm³/mol. The van der Waals surface area contributed by atoms with Crippen LogP contribution in [0.3, 0.4) is 0 Å². The molecule has 1 N–H and O–H groups in total. The number of aromatic nitrogens is 1. The molecule has 0 amide bonds. The molecule has 1 aromatic heterocycles. The highest BCUT2D eigenvalue weighted by Crippen LogP contribution is 2.30. The second-order valence-corrected chi connectivity index (χ2v) is 6.91. The molecule has 1 heterocycles. The standard InChI is InChI=1S/C24H25NO4/c1-4-28-23-12-8-6-10-18(23)20-14-13-19(24(26)27)21(25-20)15-29-22-11-7-5-9-17(22)16(2)3/h5-14,16H,4,15H2,1-3H3,(H,26,27). The summed E-state index contributed by atoms with van der Waals surface area (Å²) in [5.41, 5.74) is 3.04. The molecule has 29 heavy (non-hydrogen) atoms. The van der Waals surface area contributed by atoms with Gasteiger partial charge in [0.2, 0.25) is 0 Å². The fourth-order valence-corrected chi connectivity index (χ4v) is 3.15. The van der Waals surface area contributed by atoms with E-state index in [0.29, 0.717) is 29.7 Å². The van der Waals surface area contributed by atoms with Crippen molar-refractivity contribution in [2.75, 3.05) is 6.61 Å². The molecule has 5 nitrogen and oxygen atoms in total. The van der Waals surface area contributed by atoms with Crippen LogP contribution in [-0.4, -0.2) is 22.7 Å². The van der Waals surface area contributed by atoms with Gasteiger partial charge < -0.3 is 14.6 Å². The van der Waals surface area contributed by atoms with E-state index in [4.69, 9.17) is 9.47 Å². The number of para-hydroxylation sites is 2. The fraction of sp³-hybridized carbons (Fsp3) is 0.250. The Morgan fingerprint density at radius 1 is 0.966 bits per heavy atom. The summed E-state index contributed by atoms with van der Waals surface area (Å²) in [5.74, 6) is 0.712. The van der Waals surface area contributed by atoms with Gasteiger partial charge in [-0.2, -0.15) is 0 Å². The van der Waals surface area contributed by atoms with Gasteiger partial charge in [-0.05, 0) is 48.7 Å². The van der Waals surface area contributed by atoms with E-state index in [-0.39, 0.29) is 12.2 Å². The molecule has 0 bridgehead atoms. The number of carboxylic acid groups (broad SMARTS) is 1. The van der Waals surface area contributed by atoms with Gasteiger partial charge in [0, 0.05) is 5.56 Å². The summed E-state index contributed by atoms with van der Waals surface area (Å²) < 4.78 is 11.7. The first-order chi connectivity index (χ1) is 14.0. The average Bonchev–Trinajstić information content (AvgIpc) is 2.72. The first-order valence-electron chi connectivity index (χ1n) is 9.68. The van der Waals surface area contributed by atoms with Crippen LogP contribution >= 0.6 is 0 Å². The van der Waals surface area contributed by atoms with E-state index in [1.54, 1.807) is 12.1 Å². The molecular formula is C24H25NO4. The minimum absolute atomic E-state index is 0.0655. The van der Waals surface area contributed by atoms with E-state index >= 15 is 0 Å². The molecule has 2 aromatic carbocycles. The lowest BCUT2D eigenvalue weighted by Gasteiger charge is -2.15. The van der Waals surface area contributed by atoms with E-state index in [9.17, 15) is 9.90 Å². The molecule has 0 unspecified atom stereocenters. The van der Waals surface area contributed by atoms with Gasteiger partial charge in [-0.3, -0.25) is 0 Å². The van der Waals surface area contributed by atoms with Crippen LogP contribution in [0.5, 0.6) is 11.5 Å². The van der Waals surface area contributed by atoms with Crippen molar-refractivity contribution in [3.8, 4) is 22.8 Å². The zero-order valence-corrected chi connectivity index (χ0v) is 16.9. The topological polar surface area (TPSA) is 68.7 Å². The minimum atomic E-state index is -1.03. The second kappa shape index (κ2) is 9.24. The molecule has 0 fully saturated rings. The Hall–Kier alpha value is -3.34. The summed E-state index contributed by atoms with van der Waals surface area (Å²) in [7, 11) is 0. The summed E-state index contributed by atoms with van der Waals surface area (Å²) >= 11 is 0. The van der Waals surface area contributed by atoms with Crippen molar-refractivity contribution in [2.45, 2.75) is 33.3 Å². The van der Waals surface area contributed by atoms with Crippen molar-refractivity contribution in [2.24, 2.45) is 0 Å². The number of aromatic carboxylic acids is 1. The molecule has 150 valence electrons. The highest BCUT2D eigenvalue weighted by molar-refractivity contribution is 5.89. The number of pyridine rings is 1. The van der Waals surface area contributed by atoms with Gasteiger partial charge in [-0.1, -0.05) is 44.2 Å². The summed E-state index contributed by atoms with van der Waals surface area (Å²) in [5, 5.41) is 9.59. The number of carbonyl (C=O) groups is 1. The maximum Gasteiger partial charge on any atom is 0.337 e. The van der Waals surface area contributed by atoms with E-state index in [1.807, 2.05) is 55.5 Å². The zero-order valence-electron chi connectivity index (χ0n) is 16.9. The quantitative estimate of drug-likeness (QED) is 0.545. The molecule has 0 atom stereocenters. The smallest absolute Gasteiger partial charge is 0.337 e. The number of ether oxygens (including phenoxy) is 2. The first-order valence-corrected chi connectivity index (χ1v) is 9.68. The Kier molecular flexibility index (Phi) is 6.50. The number of rotatable bonds is 8. The summed E-state index contributed by atoms with van der Waals surface area (Å²) in [4.78, 5) is 16.3. The largest absolute Gasteiger partial charge is 0.493 e. The van der Waals surface area contributed by atoms with Crippen LogP contribution in [-0.2, 0) is 6.61 Å². The average molecular weight is 391 g/mol.